The van der Waals surface area contributed by atoms with Crippen molar-refractivity contribution in [3.05, 3.63) is 47.7 Å². The summed E-state index contributed by atoms with van der Waals surface area (Å²) in [6.45, 7) is 2.01. The first-order valence-corrected chi connectivity index (χ1v) is 10.3. The molecule has 1 aromatic heterocycles. The normalized spacial score (nSPS) is 16.1. The molecule has 140 valence electrons. The van der Waals surface area contributed by atoms with E-state index >= 15 is 0 Å². The number of aromatic nitrogens is 1. The molecule has 1 aliphatic heterocycles. The molecular weight excluding hydrogens is 366 g/mol. The summed E-state index contributed by atoms with van der Waals surface area (Å²) in [5, 5.41) is 0. The highest BCUT2D eigenvalue weighted by Crippen LogP contribution is 2.37. The van der Waals surface area contributed by atoms with E-state index in [1.807, 2.05) is 0 Å². The fraction of sp³-hybridized carbons (Fsp3) is 0.316. The van der Waals surface area contributed by atoms with Crippen molar-refractivity contribution in [1.82, 2.24) is 4.98 Å². The molecular formula is C19H19N3O4S. The highest BCUT2D eigenvalue weighted by molar-refractivity contribution is 7.92. The average molecular weight is 385 g/mol. The molecule has 1 fully saturated rings. The summed E-state index contributed by atoms with van der Waals surface area (Å²) in [6, 6.07) is 7.82. The van der Waals surface area contributed by atoms with Crippen LogP contribution in [-0.4, -0.2) is 31.6 Å². The number of carbonyl (C=O) groups is 2. The highest BCUT2D eigenvalue weighted by Gasteiger charge is 2.37. The Balaban J connectivity index is 1.59. The number of carbonyl (C=O) groups excluding carboxylic acids is 2. The van der Waals surface area contributed by atoms with Crippen molar-refractivity contribution in [2.24, 2.45) is 5.92 Å². The van der Waals surface area contributed by atoms with E-state index < -0.39 is 10.0 Å². The minimum atomic E-state index is -3.86. The van der Waals surface area contributed by atoms with Crippen molar-refractivity contribution >= 4 is 33.2 Å². The van der Waals surface area contributed by atoms with Crippen molar-refractivity contribution in [3.63, 3.8) is 0 Å². The summed E-state index contributed by atoms with van der Waals surface area (Å²) in [6.07, 6.45) is 3.88. The molecule has 27 heavy (non-hydrogen) atoms. The molecule has 0 saturated heterocycles. The fourth-order valence-electron chi connectivity index (χ4n) is 3.16. The molecule has 0 atom stereocenters. The molecule has 0 bridgehead atoms. The Morgan fingerprint density at radius 1 is 1.19 bits per heavy atom. The van der Waals surface area contributed by atoms with Gasteiger partial charge in [0.25, 0.3) is 10.0 Å². The molecule has 1 N–H and O–H groups in total. The third-order valence-electron chi connectivity index (χ3n) is 4.86. The number of sulfonamides is 1. The van der Waals surface area contributed by atoms with Crippen molar-refractivity contribution in [1.29, 1.82) is 0 Å². The zero-order chi connectivity index (χ0) is 19.2. The van der Waals surface area contributed by atoms with E-state index in [9.17, 15) is 18.0 Å². The third kappa shape index (κ3) is 3.44. The first-order valence-electron chi connectivity index (χ1n) is 8.79. The molecule has 0 radical (unpaired) electrons. The van der Waals surface area contributed by atoms with E-state index in [0.717, 1.165) is 24.8 Å². The lowest BCUT2D eigenvalue weighted by Crippen LogP contribution is -2.30. The molecule has 1 aliphatic carbocycles. The summed E-state index contributed by atoms with van der Waals surface area (Å²) in [5.74, 6) is 0.151. The number of hydrogen-bond donors (Lipinski definition) is 1. The van der Waals surface area contributed by atoms with Gasteiger partial charge in [-0.2, -0.15) is 0 Å². The SMILES string of the molecule is CC(=O)c1ccc(NS(=O)(=O)c2ccc3c(c2)N(C(=O)C2CC2)CC3)nc1. The molecule has 1 aromatic carbocycles. The van der Waals surface area contributed by atoms with Crippen molar-refractivity contribution in [2.45, 2.75) is 31.1 Å². The number of hydrogen-bond acceptors (Lipinski definition) is 5. The summed E-state index contributed by atoms with van der Waals surface area (Å²) in [7, 11) is -3.86. The van der Waals surface area contributed by atoms with Crippen LogP contribution in [0, 0.1) is 5.92 Å². The van der Waals surface area contributed by atoms with Gasteiger partial charge in [-0.05, 0) is 56.0 Å². The molecule has 2 aromatic rings. The van der Waals surface area contributed by atoms with E-state index in [4.69, 9.17) is 0 Å². The molecule has 2 aliphatic rings. The van der Waals surface area contributed by atoms with Crippen LogP contribution in [0.4, 0.5) is 11.5 Å². The van der Waals surface area contributed by atoms with Gasteiger partial charge < -0.3 is 4.90 Å². The van der Waals surface area contributed by atoms with E-state index in [1.54, 1.807) is 17.0 Å². The summed E-state index contributed by atoms with van der Waals surface area (Å²) in [5.41, 5.74) is 2.06. The summed E-state index contributed by atoms with van der Waals surface area (Å²) in [4.78, 5) is 29.5. The number of amides is 1. The maximum Gasteiger partial charge on any atom is 0.263 e. The lowest BCUT2D eigenvalue weighted by atomic mass is 10.2. The van der Waals surface area contributed by atoms with Crippen LogP contribution >= 0.6 is 0 Å². The maximum atomic E-state index is 12.7. The minimum absolute atomic E-state index is 0.0780. The topological polar surface area (TPSA) is 96.4 Å². The van der Waals surface area contributed by atoms with Crippen molar-refractivity contribution in [2.75, 3.05) is 16.2 Å². The number of anilines is 2. The number of pyridine rings is 1. The monoisotopic (exact) mass is 385 g/mol. The Hall–Kier alpha value is -2.74. The molecule has 1 saturated carbocycles. The Morgan fingerprint density at radius 2 is 1.96 bits per heavy atom. The van der Waals surface area contributed by atoms with Gasteiger partial charge in [0.15, 0.2) is 5.78 Å². The van der Waals surface area contributed by atoms with E-state index in [1.165, 1.54) is 31.3 Å². The first kappa shape index (κ1) is 17.7. The molecule has 4 rings (SSSR count). The van der Waals surface area contributed by atoms with Gasteiger partial charge in [0.05, 0.1) is 4.90 Å². The van der Waals surface area contributed by atoms with Crippen molar-refractivity contribution in [3.8, 4) is 0 Å². The number of Topliss-reactive ketones (excluding diaryl/α,β-unsaturated/α-hetero) is 1. The molecule has 1 amide bonds. The van der Waals surface area contributed by atoms with Gasteiger partial charge in [0.2, 0.25) is 5.91 Å². The number of nitrogens with zero attached hydrogens (tertiary/aromatic N) is 2. The van der Waals surface area contributed by atoms with Crippen LogP contribution in [0.1, 0.15) is 35.7 Å². The Morgan fingerprint density at radius 3 is 2.59 bits per heavy atom. The minimum Gasteiger partial charge on any atom is -0.312 e. The Bertz CT molecular complexity index is 1030. The molecule has 2 heterocycles. The second-order valence-corrected chi connectivity index (χ2v) is 8.58. The van der Waals surface area contributed by atoms with Crippen molar-refractivity contribution < 1.29 is 18.0 Å². The first-order chi connectivity index (χ1) is 12.8. The zero-order valence-electron chi connectivity index (χ0n) is 14.8. The number of nitrogens with one attached hydrogen (secondary N) is 1. The summed E-state index contributed by atoms with van der Waals surface area (Å²) >= 11 is 0. The Labute approximate surface area is 157 Å². The van der Waals surface area contributed by atoms with Crippen LogP contribution in [0.25, 0.3) is 0 Å². The van der Waals surface area contributed by atoms with E-state index in [0.29, 0.717) is 17.8 Å². The largest absolute Gasteiger partial charge is 0.312 e. The highest BCUT2D eigenvalue weighted by atomic mass is 32.2. The van der Waals surface area contributed by atoms with Crippen LogP contribution in [0.3, 0.4) is 0 Å². The average Bonchev–Trinajstić information content (AvgIpc) is 3.40. The predicted molar refractivity (Wildman–Crippen MR) is 100 cm³/mol. The second-order valence-electron chi connectivity index (χ2n) is 6.90. The predicted octanol–water partition coefficient (Wildman–Crippen LogP) is 2.38. The van der Waals surface area contributed by atoms with E-state index in [-0.39, 0.29) is 28.3 Å². The quantitative estimate of drug-likeness (QED) is 0.797. The van der Waals surface area contributed by atoms with Gasteiger partial charge >= 0.3 is 0 Å². The third-order valence-corrected chi connectivity index (χ3v) is 6.22. The van der Waals surface area contributed by atoms with Crippen LogP contribution < -0.4 is 9.62 Å². The second kappa shape index (κ2) is 6.45. The van der Waals surface area contributed by atoms with Crippen LogP contribution in [-0.2, 0) is 21.2 Å². The van der Waals surface area contributed by atoms with Gasteiger partial charge in [-0.3, -0.25) is 14.3 Å². The number of rotatable bonds is 5. The van der Waals surface area contributed by atoms with Crippen LogP contribution in [0.15, 0.2) is 41.4 Å². The lowest BCUT2D eigenvalue weighted by molar-refractivity contribution is -0.119. The van der Waals surface area contributed by atoms with Gasteiger partial charge in [-0.15, -0.1) is 0 Å². The van der Waals surface area contributed by atoms with Gasteiger partial charge in [-0.25, -0.2) is 13.4 Å². The Kier molecular flexibility index (Phi) is 4.22. The number of ketones is 1. The van der Waals surface area contributed by atoms with E-state index in [2.05, 4.69) is 9.71 Å². The number of benzene rings is 1. The number of fused-ring (bicyclic) bond motifs is 1. The lowest BCUT2D eigenvalue weighted by Gasteiger charge is -2.18. The fourth-order valence-corrected chi connectivity index (χ4v) is 4.19. The maximum absolute atomic E-state index is 12.7. The van der Waals surface area contributed by atoms with Gasteiger partial charge in [-0.1, -0.05) is 6.07 Å². The molecule has 8 heteroatoms. The standard InChI is InChI=1S/C19H19N3O4S/c1-12(23)15-5-7-18(20-11-15)21-27(25,26)16-6-4-13-8-9-22(17(13)10-16)19(24)14-2-3-14/h4-7,10-11,14H,2-3,8-9H2,1H3,(H,20,21). The molecule has 0 spiro atoms. The van der Waals surface area contributed by atoms with Crippen LogP contribution in [0.2, 0.25) is 0 Å². The zero-order valence-corrected chi connectivity index (χ0v) is 15.6. The van der Waals surface area contributed by atoms with Crippen LogP contribution in [0.5, 0.6) is 0 Å². The molecule has 0 unspecified atom stereocenters. The smallest absolute Gasteiger partial charge is 0.263 e. The summed E-state index contributed by atoms with van der Waals surface area (Å²) < 4.78 is 27.9. The molecule has 7 nitrogen and oxygen atoms in total. The van der Waals surface area contributed by atoms with Gasteiger partial charge in [0.1, 0.15) is 5.82 Å². The van der Waals surface area contributed by atoms with Gasteiger partial charge in [0, 0.05) is 29.9 Å².